The van der Waals surface area contributed by atoms with Crippen molar-refractivity contribution < 1.29 is 19.1 Å². The lowest BCUT2D eigenvalue weighted by Crippen LogP contribution is -2.50. The zero-order valence-electron chi connectivity index (χ0n) is 12.9. The van der Waals surface area contributed by atoms with Crippen molar-refractivity contribution in [1.29, 1.82) is 0 Å². The molecule has 0 atom stereocenters. The molecule has 1 saturated heterocycles. The number of rotatable bonds is 2. The number of likely N-dealkylation sites (tertiary alicyclic amines) is 1. The van der Waals surface area contributed by atoms with Crippen LogP contribution in [0.15, 0.2) is 24.3 Å². The fourth-order valence-electron chi connectivity index (χ4n) is 2.17. The van der Waals surface area contributed by atoms with Crippen molar-refractivity contribution in [3.05, 3.63) is 35.4 Å². The number of nitrogens with zero attached hydrogens (tertiary/aromatic N) is 1. The smallest absolute Gasteiger partial charge is 0.410 e. The van der Waals surface area contributed by atoms with Gasteiger partial charge in [0.1, 0.15) is 5.60 Å². The van der Waals surface area contributed by atoms with E-state index in [1.807, 2.05) is 32.9 Å². The van der Waals surface area contributed by atoms with Crippen molar-refractivity contribution in [2.75, 3.05) is 20.2 Å². The minimum atomic E-state index is -0.468. The number of carbonyl (C=O) groups excluding carboxylic acids is 2. The minimum Gasteiger partial charge on any atom is -0.465 e. The molecule has 1 heterocycles. The number of ether oxygens (including phenoxy) is 2. The molecule has 1 aliphatic heterocycles. The molecule has 1 amide bonds. The van der Waals surface area contributed by atoms with Crippen LogP contribution in [0, 0.1) is 0 Å². The molecule has 1 aliphatic rings. The summed E-state index contributed by atoms with van der Waals surface area (Å²) < 4.78 is 9.98. The van der Waals surface area contributed by atoms with Crippen molar-refractivity contribution >= 4 is 12.1 Å². The summed E-state index contributed by atoms with van der Waals surface area (Å²) in [5, 5.41) is 0. The molecular weight excluding hydrogens is 270 g/mol. The van der Waals surface area contributed by atoms with E-state index in [4.69, 9.17) is 4.74 Å². The molecule has 21 heavy (non-hydrogen) atoms. The van der Waals surface area contributed by atoms with Gasteiger partial charge in [-0.3, -0.25) is 0 Å². The number of hydrogen-bond donors (Lipinski definition) is 0. The zero-order chi connectivity index (χ0) is 15.6. The Balaban J connectivity index is 1.90. The Bertz CT molecular complexity index is 524. The second-order valence-corrected chi connectivity index (χ2v) is 6.20. The van der Waals surface area contributed by atoms with Gasteiger partial charge in [-0.25, -0.2) is 9.59 Å². The van der Waals surface area contributed by atoms with E-state index in [1.165, 1.54) is 7.11 Å². The average Bonchev–Trinajstić information content (AvgIpc) is 2.34. The second kappa shape index (κ2) is 5.76. The summed E-state index contributed by atoms with van der Waals surface area (Å²) in [6.07, 6.45) is -0.273. The highest BCUT2D eigenvalue weighted by Crippen LogP contribution is 2.28. The Labute approximate surface area is 124 Å². The summed E-state index contributed by atoms with van der Waals surface area (Å²) in [6, 6.07) is 7.31. The van der Waals surface area contributed by atoms with Crippen molar-refractivity contribution in [2.24, 2.45) is 0 Å². The highest BCUT2D eigenvalue weighted by atomic mass is 16.6. The average molecular weight is 291 g/mol. The maximum atomic E-state index is 11.8. The number of amides is 1. The maximum Gasteiger partial charge on any atom is 0.410 e. The lowest BCUT2D eigenvalue weighted by atomic mass is 9.91. The molecule has 1 aromatic carbocycles. The number of benzene rings is 1. The Morgan fingerprint density at radius 3 is 2.19 bits per heavy atom. The molecule has 114 valence electrons. The van der Waals surface area contributed by atoms with Gasteiger partial charge in [0.15, 0.2) is 0 Å². The van der Waals surface area contributed by atoms with Crippen LogP contribution in [0.25, 0.3) is 0 Å². The van der Waals surface area contributed by atoms with E-state index in [1.54, 1.807) is 17.0 Å². The largest absolute Gasteiger partial charge is 0.465 e. The predicted octanol–water partition coefficient (Wildman–Crippen LogP) is 2.81. The monoisotopic (exact) mass is 291 g/mol. The fourth-order valence-corrected chi connectivity index (χ4v) is 2.17. The summed E-state index contributed by atoms with van der Waals surface area (Å²) in [6.45, 7) is 6.86. The van der Waals surface area contributed by atoms with E-state index < -0.39 is 5.60 Å². The van der Waals surface area contributed by atoms with Gasteiger partial charge in [-0.2, -0.15) is 0 Å². The van der Waals surface area contributed by atoms with Gasteiger partial charge < -0.3 is 14.4 Å². The van der Waals surface area contributed by atoms with Crippen LogP contribution >= 0.6 is 0 Å². The zero-order valence-corrected chi connectivity index (χ0v) is 12.9. The molecule has 0 bridgehead atoms. The van der Waals surface area contributed by atoms with Crippen LogP contribution in [0.1, 0.15) is 42.6 Å². The molecule has 0 saturated carbocycles. The Morgan fingerprint density at radius 2 is 1.71 bits per heavy atom. The van der Waals surface area contributed by atoms with Gasteiger partial charge in [-0.05, 0) is 38.5 Å². The Morgan fingerprint density at radius 1 is 1.14 bits per heavy atom. The third kappa shape index (κ3) is 3.74. The number of esters is 1. The van der Waals surface area contributed by atoms with E-state index >= 15 is 0 Å². The molecule has 0 aromatic heterocycles. The van der Waals surface area contributed by atoms with E-state index in [0.29, 0.717) is 24.6 Å². The first kappa shape index (κ1) is 15.4. The van der Waals surface area contributed by atoms with Crippen LogP contribution in [0.5, 0.6) is 0 Å². The molecular formula is C16H21NO4. The standard InChI is InChI=1S/C16H21NO4/c1-16(2,3)21-15(19)17-9-13(10-17)11-5-7-12(8-6-11)14(18)20-4/h5-8,13H,9-10H2,1-4H3. The Hall–Kier alpha value is -2.04. The summed E-state index contributed by atoms with van der Waals surface area (Å²) in [5.41, 5.74) is 1.18. The predicted molar refractivity (Wildman–Crippen MR) is 78.3 cm³/mol. The molecule has 1 fully saturated rings. The third-order valence-corrected chi connectivity index (χ3v) is 3.34. The van der Waals surface area contributed by atoms with Gasteiger partial charge in [0, 0.05) is 19.0 Å². The quantitative estimate of drug-likeness (QED) is 0.786. The van der Waals surface area contributed by atoms with E-state index in [9.17, 15) is 9.59 Å². The normalized spacial score (nSPS) is 15.3. The Kier molecular flexibility index (Phi) is 4.21. The van der Waals surface area contributed by atoms with Gasteiger partial charge >= 0.3 is 12.1 Å². The molecule has 0 spiro atoms. The summed E-state index contributed by atoms with van der Waals surface area (Å²) in [7, 11) is 1.36. The number of carbonyl (C=O) groups is 2. The second-order valence-electron chi connectivity index (χ2n) is 6.20. The molecule has 0 aliphatic carbocycles. The SMILES string of the molecule is COC(=O)c1ccc(C2CN(C(=O)OC(C)(C)C)C2)cc1. The molecule has 1 aromatic rings. The van der Waals surface area contributed by atoms with Crippen LogP contribution in [-0.4, -0.2) is 42.8 Å². The van der Waals surface area contributed by atoms with Crippen molar-refractivity contribution in [1.82, 2.24) is 4.90 Å². The van der Waals surface area contributed by atoms with Crippen LogP contribution in [0.3, 0.4) is 0 Å². The summed E-state index contributed by atoms with van der Waals surface area (Å²) in [5.74, 6) is -0.0465. The van der Waals surface area contributed by atoms with Crippen LogP contribution in [-0.2, 0) is 9.47 Å². The third-order valence-electron chi connectivity index (χ3n) is 3.34. The highest BCUT2D eigenvalue weighted by molar-refractivity contribution is 5.89. The van der Waals surface area contributed by atoms with Gasteiger partial charge in [0.25, 0.3) is 0 Å². The van der Waals surface area contributed by atoms with Crippen LogP contribution in [0.4, 0.5) is 4.79 Å². The van der Waals surface area contributed by atoms with E-state index in [0.717, 1.165) is 5.56 Å². The maximum absolute atomic E-state index is 11.8. The van der Waals surface area contributed by atoms with Gasteiger partial charge in [-0.15, -0.1) is 0 Å². The summed E-state index contributed by atoms with van der Waals surface area (Å²) >= 11 is 0. The van der Waals surface area contributed by atoms with E-state index in [-0.39, 0.29) is 12.1 Å². The first-order valence-electron chi connectivity index (χ1n) is 6.96. The van der Waals surface area contributed by atoms with E-state index in [2.05, 4.69) is 4.74 Å². The molecule has 5 nitrogen and oxygen atoms in total. The highest BCUT2D eigenvalue weighted by Gasteiger charge is 2.34. The number of hydrogen-bond acceptors (Lipinski definition) is 4. The molecule has 2 rings (SSSR count). The summed E-state index contributed by atoms with van der Waals surface area (Å²) in [4.78, 5) is 24.9. The van der Waals surface area contributed by atoms with Crippen molar-refractivity contribution in [2.45, 2.75) is 32.3 Å². The minimum absolute atomic E-state index is 0.273. The molecule has 0 unspecified atom stereocenters. The van der Waals surface area contributed by atoms with Crippen molar-refractivity contribution in [3.8, 4) is 0 Å². The topological polar surface area (TPSA) is 55.8 Å². The lowest BCUT2D eigenvalue weighted by Gasteiger charge is -2.40. The fraction of sp³-hybridized carbons (Fsp3) is 0.500. The van der Waals surface area contributed by atoms with Crippen LogP contribution < -0.4 is 0 Å². The molecule has 0 radical (unpaired) electrons. The van der Waals surface area contributed by atoms with Gasteiger partial charge in [0.05, 0.1) is 12.7 Å². The first-order chi connectivity index (χ1) is 9.80. The molecule has 5 heteroatoms. The van der Waals surface area contributed by atoms with Crippen LogP contribution in [0.2, 0.25) is 0 Å². The lowest BCUT2D eigenvalue weighted by molar-refractivity contribution is 0.00819. The van der Waals surface area contributed by atoms with Crippen molar-refractivity contribution in [3.63, 3.8) is 0 Å². The van der Waals surface area contributed by atoms with Gasteiger partial charge in [0.2, 0.25) is 0 Å². The van der Waals surface area contributed by atoms with Gasteiger partial charge in [-0.1, -0.05) is 12.1 Å². The molecule has 0 N–H and O–H groups in total. The number of methoxy groups -OCH3 is 1. The first-order valence-corrected chi connectivity index (χ1v) is 6.96.